The quantitative estimate of drug-likeness (QED) is 0.346. The Morgan fingerprint density at radius 2 is 1.71 bits per heavy atom. The van der Waals surface area contributed by atoms with Crippen LogP contribution in [0.3, 0.4) is 0 Å². The van der Waals surface area contributed by atoms with Crippen molar-refractivity contribution in [1.82, 2.24) is 0 Å². The van der Waals surface area contributed by atoms with E-state index in [2.05, 4.69) is 19.6 Å². The Morgan fingerprint density at radius 3 is 2.29 bits per heavy atom. The van der Waals surface area contributed by atoms with E-state index in [1.807, 2.05) is 0 Å². The van der Waals surface area contributed by atoms with Crippen molar-refractivity contribution in [3.8, 4) is 0 Å². The molecule has 1 aromatic carbocycles. The minimum atomic E-state index is -0.380. The van der Waals surface area contributed by atoms with Gasteiger partial charge in [0.1, 0.15) is 0 Å². The monoisotopic (exact) mass is 250 g/mol. The van der Waals surface area contributed by atoms with Crippen LogP contribution >= 0.6 is 12.6 Å². The molecule has 1 aromatic rings. The lowest BCUT2D eigenvalue weighted by molar-refractivity contribution is -0.115. The molecule has 17 heavy (non-hydrogen) atoms. The Kier molecular flexibility index (Phi) is 5.98. The molecule has 1 rings (SSSR count). The van der Waals surface area contributed by atoms with Crippen LogP contribution in [0.2, 0.25) is 0 Å². The van der Waals surface area contributed by atoms with Crippen molar-refractivity contribution in [1.29, 1.82) is 0 Å². The Morgan fingerprint density at radius 1 is 1.06 bits per heavy atom. The molecule has 92 valence electrons. The second-order valence-electron chi connectivity index (χ2n) is 4.11. The Hall–Kier alpha value is -1.09. The number of carbonyl (C=O) groups is 2. The van der Waals surface area contributed by atoms with Gasteiger partial charge >= 0.3 is 0 Å². The van der Waals surface area contributed by atoms with Gasteiger partial charge in [-0.05, 0) is 30.7 Å². The number of carbonyl (C=O) groups excluding carboxylic acids is 2. The van der Waals surface area contributed by atoms with Gasteiger partial charge in [0.25, 0.3) is 0 Å². The zero-order valence-electron chi connectivity index (χ0n) is 10.1. The fourth-order valence-corrected chi connectivity index (χ4v) is 1.75. The molecule has 0 N–H and O–H groups in total. The molecule has 0 unspecified atom stereocenters. The number of thiol groups is 1. The van der Waals surface area contributed by atoms with Crippen LogP contribution in [0, 0.1) is 0 Å². The molecule has 0 atom stereocenters. The summed E-state index contributed by atoms with van der Waals surface area (Å²) in [7, 11) is 0. The standard InChI is InChI=1S/C14H18O2S/c1-2-3-4-5-6-13(15)14(16)11-7-9-12(17)10-8-11/h7-10,17H,2-6H2,1H3. The van der Waals surface area contributed by atoms with E-state index in [1.54, 1.807) is 24.3 Å². The first-order valence-corrected chi connectivity index (χ1v) is 6.46. The van der Waals surface area contributed by atoms with Gasteiger partial charge in [0.15, 0.2) is 0 Å². The van der Waals surface area contributed by atoms with E-state index in [9.17, 15) is 9.59 Å². The van der Waals surface area contributed by atoms with Crippen LogP contribution in [-0.4, -0.2) is 11.6 Å². The lowest BCUT2D eigenvalue weighted by atomic mass is 10.0. The van der Waals surface area contributed by atoms with Gasteiger partial charge in [0.05, 0.1) is 0 Å². The smallest absolute Gasteiger partial charge is 0.228 e. The molecule has 0 amide bonds. The lowest BCUT2D eigenvalue weighted by Crippen LogP contribution is -2.13. The largest absolute Gasteiger partial charge is 0.290 e. The minimum Gasteiger partial charge on any atom is -0.290 e. The molecule has 0 heterocycles. The highest BCUT2D eigenvalue weighted by Gasteiger charge is 2.14. The normalized spacial score (nSPS) is 10.2. The van der Waals surface area contributed by atoms with E-state index >= 15 is 0 Å². The molecule has 0 aliphatic carbocycles. The van der Waals surface area contributed by atoms with Gasteiger partial charge in [-0.3, -0.25) is 9.59 Å². The number of hydrogen-bond donors (Lipinski definition) is 1. The molecule has 0 radical (unpaired) electrons. The topological polar surface area (TPSA) is 34.1 Å². The van der Waals surface area contributed by atoms with E-state index in [-0.39, 0.29) is 11.6 Å². The molecule has 0 saturated carbocycles. The van der Waals surface area contributed by atoms with Gasteiger partial charge < -0.3 is 0 Å². The molecule has 0 aromatic heterocycles. The van der Waals surface area contributed by atoms with Crippen LogP contribution in [0.25, 0.3) is 0 Å². The molecular formula is C14H18O2S. The van der Waals surface area contributed by atoms with Crippen LogP contribution in [0.5, 0.6) is 0 Å². The highest BCUT2D eigenvalue weighted by atomic mass is 32.1. The Bertz CT molecular complexity index is 382. The van der Waals surface area contributed by atoms with E-state index in [0.29, 0.717) is 12.0 Å². The minimum absolute atomic E-state index is 0.284. The van der Waals surface area contributed by atoms with Gasteiger partial charge in [-0.15, -0.1) is 12.6 Å². The number of unbranched alkanes of at least 4 members (excludes halogenated alkanes) is 3. The van der Waals surface area contributed by atoms with Gasteiger partial charge in [-0.2, -0.15) is 0 Å². The summed E-state index contributed by atoms with van der Waals surface area (Å²) in [5.41, 5.74) is 0.461. The summed E-state index contributed by atoms with van der Waals surface area (Å²) in [5.74, 6) is -0.664. The third-order valence-electron chi connectivity index (χ3n) is 2.64. The van der Waals surface area contributed by atoms with E-state index in [4.69, 9.17) is 0 Å². The van der Waals surface area contributed by atoms with E-state index in [1.165, 1.54) is 0 Å². The second-order valence-corrected chi connectivity index (χ2v) is 4.63. The van der Waals surface area contributed by atoms with Crippen LogP contribution in [0.15, 0.2) is 29.2 Å². The average Bonchev–Trinajstić information content (AvgIpc) is 2.34. The molecule has 2 nitrogen and oxygen atoms in total. The van der Waals surface area contributed by atoms with Gasteiger partial charge in [0.2, 0.25) is 11.6 Å². The first kappa shape index (κ1) is 14.0. The number of ketones is 2. The number of hydrogen-bond acceptors (Lipinski definition) is 3. The molecular weight excluding hydrogens is 232 g/mol. The summed E-state index contributed by atoms with van der Waals surface area (Å²) in [5, 5.41) is 0. The summed E-state index contributed by atoms with van der Waals surface area (Å²) in [6, 6.07) is 6.74. The summed E-state index contributed by atoms with van der Waals surface area (Å²) in [4.78, 5) is 24.2. The molecule has 0 saturated heterocycles. The van der Waals surface area contributed by atoms with Gasteiger partial charge in [-0.25, -0.2) is 0 Å². The second kappa shape index (κ2) is 7.28. The fraction of sp³-hybridized carbons (Fsp3) is 0.429. The molecule has 0 fully saturated rings. The van der Waals surface area contributed by atoms with Crippen LogP contribution in [0.4, 0.5) is 0 Å². The SMILES string of the molecule is CCCCCCC(=O)C(=O)c1ccc(S)cc1. The predicted molar refractivity (Wildman–Crippen MR) is 71.8 cm³/mol. The number of Topliss-reactive ketones (excluding diaryl/α,β-unsaturated/α-hetero) is 2. The third kappa shape index (κ3) is 4.73. The van der Waals surface area contributed by atoms with Crippen LogP contribution in [-0.2, 0) is 4.79 Å². The Labute approximate surface area is 108 Å². The zero-order chi connectivity index (χ0) is 12.7. The zero-order valence-corrected chi connectivity index (χ0v) is 11.0. The molecule has 0 aliphatic heterocycles. The summed E-state index contributed by atoms with van der Waals surface area (Å²) < 4.78 is 0. The number of benzene rings is 1. The van der Waals surface area contributed by atoms with Crippen molar-refractivity contribution in [2.45, 2.75) is 43.9 Å². The fourth-order valence-electron chi connectivity index (χ4n) is 1.60. The first-order chi connectivity index (χ1) is 8.15. The third-order valence-corrected chi connectivity index (χ3v) is 2.94. The molecule has 0 bridgehead atoms. The Balaban J connectivity index is 2.46. The lowest BCUT2D eigenvalue weighted by Gasteiger charge is -2.01. The van der Waals surface area contributed by atoms with Crippen molar-refractivity contribution in [2.24, 2.45) is 0 Å². The van der Waals surface area contributed by atoms with E-state index < -0.39 is 0 Å². The van der Waals surface area contributed by atoms with Crippen molar-refractivity contribution in [3.63, 3.8) is 0 Å². The van der Waals surface area contributed by atoms with Crippen molar-refractivity contribution < 1.29 is 9.59 Å². The predicted octanol–water partition coefficient (Wildman–Crippen LogP) is 3.70. The van der Waals surface area contributed by atoms with Crippen LogP contribution < -0.4 is 0 Å². The van der Waals surface area contributed by atoms with Crippen molar-refractivity contribution in [3.05, 3.63) is 29.8 Å². The maximum Gasteiger partial charge on any atom is 0.228 e. The summed E-state index contributed by atoms with van der Waals surface area (Å²) in [6.07, 6.45) is 4.44. The summed E-state index contributed by atoms with van der Waals surface area (Å²) >= 11 is 4.14. The highest BCUT2D eigenvalue weighted by Crippen LogP contribution is 2.11. The number of rotatable bonds is 7. The van der Waals surface area contributed by atoms with Gasteiger partial charge in [0, 0.05) is 16.9 Å². The van der Waals surface area contributed by atoms with Crippen molar-refractivity contribution in [2.75, 3.05) is 0 Å². The maximum atomic E-state index is 11.7. The van der Waals surface area contributed by atoms with E-state index in [0.717, 1.165) is 30.6 Å². The summed E-state index contributed by atoms with van der Waals surface area (Å²) in [6.45, 7) is 2.12. The molecule has 0 aliphatic rings. The maximum absolute atomic E-state index is 11.7. The van der Waals surface area contributed by atoms with Gasteiger partial charge in [-0.1, -0.05) is 26.2 Å². The van der Waals surface area contributed by atoms with Crippen molar-refractivity contribution >= 4 is 24.2 Å². The first-order valence-electron chi connectivity index (χ1n) is 6.01. The highest BCUT2D eigenvalue weighted by molar-refractivity contribution is 7.80. The average molecular weight is 250 g/mol. The van der Waals surface area contributed by atoms with Crippen LogP contribution in [0.1, 0.15) is 49.4 Å². The molecule has 3 heteroatoms. The molecule has 0 spiro atoms.